The molecule has 2 rings (SSSR count). The Morgan fingerprint density at radius 2 is 2.20 bits per heavy atom. The zero-order chi connectivity index (χ0) is 14.5. The predicted molar refractivity (Wildman–Crippen MR) is 76.4 cm³/mol. The van der Waals surface area contributed by atoms with Crippen molar-refractivity contribution in [2.24, 2.45) is 5.84 Å². The number of nitrogens with zero attached hydrogens (tertiary/aromatic N) is 1. The van der Waals surface area contributed by atoms with Gasteiger partial charge in [0.15, 0.2) is 0 Å². The quantitative estimate of drug-likeness (QED) is 0.442. The second-order valence-electron chi connectivity index (χ2n) is 3.90. The van der Waals surface area contributed by atoms with Gasteiger partial charge in [-0.25, -0.2) is 0 Å². The summed E-state index contributed by atoms with van der Waals surface area (Å²) in [6.07, 6.45) is 0. The number of hydrogen-bond donors (Lipinski definition) is 3. The molecule has 1 aromatic carbocycles. The Bertz CT molecular complexity index is 628. The highest BCUT2D eigenvalue weighted by Crippen LogP contribution is 2.24. The largest absolute Gasteiger partial charge is 0.347 e. The number of carbonyl (C=O) groups excluding carboxylic acids is 1. The van der Waals surface area contributed by atoms with Crippen molar-refractivity contribution in [2.75, 3.05) is 5.43 Å². The first-order valence-electron chi connectivity index (χ1n) is 5.67. The molecule has 0 atom stereocenters. The van der Waals surface area contributed by atoms with Crippen LogP contribution in [0.4, 0.5) is 11.4 Å². The second-order valence-corrected chi connectivity index (χ2v) is 4.93. The van der Waals surface area contributed by atoms with Gasteiger partial charge in [-0.3, -0.25) is 20.8 Å². The molecule has 0 saturated heterocycles. The average molecular weight is 292 g/mol. The lowest BCUT2D eigenvalue weighted by atomic mass is 10.1. The van der Waals surface area contributed by atoms with Crippen LogP contribution in [0.1, 0.15) is 15.2 Å². The summed E-state index contributed by atoms with van der Waals surface area (Å²) in [7, 11) is 0. The highest BCUT2D eigenvalue weighted by molar-refractivity contribution is 7.09. The number of rotatable bonds is 5. The number of benzene rings is 1. The lowest BCUT2D eigenvalue weighted by molar-refractivity contribution is -0.384. The lowest BCUT2D eigenvalue weighted by Gasteiger charge is -2.06. The molecular weight excluding hydrogens is 280 g/mol. The van der Waals surface area contributed by atoms with Crippen molar-refractivity contribution in [1.29, 1.82) is 0 Å². The maximum absolute atomic E-state index is 11.9. The van der Waals surface area contributed by atoms with Crippen LogP contribution in [-0.4, -0.2) is 10.8 Å². The van der Waals surface area contributed by atoms with E-state index in [1.807, 2.05) is 17.5 Å². The number of amides is 1. The van der Waals surface area contributed by atoms with Crippen molar-refractivity contribution in [3.8, 4) is 0 Å². The molecule has 0 spiro atoms. The number of nitrogens with two attached hydrogens (primary N) is 1. The smallest absolute Gasteiger partial charge is 0.294 e. The van der Waals surface area contributed by atoms with Crippen LogP contribution in [0.2, 0.25) is 0 Å². The van der Waals surface area contributed by atoms with E-state index in [2.05, 4.69) is 10.7 Å². The van der Waals surface area contributed by atoms with Gasteiger partial charge in [0, 0.05) is 16.5 Å². The van der Waals surface area contributed by atoms with Crippen LogP contribution >= 0.6 is 11.3 Å². The summed E-state index contributed by atoms with van der Waals surface area (Å²) in [6, 6.07) is 7.86. The zero-order valence-electron chi connectivity index (χ0n) is 10.3. The summed E-state index contributed by atoms with van der Waals surface area (Å²) in [6.45, 7) is 0.390. The van der Waals surface area contributed by atoms with Crippen molar-refractivity contribution in [3.63, 3.8) is 0 Å². The van der Waals surface area contributed by atoms with Crippen LogP contribution in [0.25, 0.3) is 0 Å². The minimum atomic E-state index is -0.592. The molecular formula is C12H12N4O3S. The minimum Gasteiger partial charge on any atom is -0.347 e. The number of carbonyl (C=O) groups is 1. The van der Waals surface area contributed by atoms with E-state index >= 15 is 0 Å². The van der Waals surface area contributed by atoms with Gasteiger partial charge in [-0.1, -0.05) is 6.07 Å². The number of hydrogen-bond acceptors (Lipinski definition) is 6. The van der Waals surface area contributed by atoms with Crippen LogP contribution in [0.5, 0.6) is 0 Å². The van der Waals surface area contributed by atoms with Gasteiger partial charge >= 0.3 is 0 Å². The first-order chi connectivity index (χ1) is 9.61. The van der Waals surface area contributed by atoms with Crippen molar-refractivity contribution >= 4 is 28.6 Å². The van der Waals surface area contributed by atoms with Crippen molar-refractivity contribution in [1.82, 2.24) is 5.32 Å². The number of nitrogen functional groups attached to an aromatic ring is 1. The first-order valence-corrected chi connectivity index (χ1v) is 6.55. The molecule has 2 aromatic rings. The number of nitrogens with one attached hydrogen (secondary N) is 2. The molecule has 0 unspecified atom stereocenters. The molecule has 1 aromatic heterocycles. The van der Waals surface area contributed by atoms with E-state index in [9.17, 15) is 14.9 Å². The van der Waals surface area contributed by atoms with E-state index in [1.165, 1.54) is 29.5 Å². The van der Waals surface area contributed by atoms with Gasteiger partial charge in [0.1, 0.15) is 5.69 Å². The van der Waals surface area contributed by atoms with Gasteiger partial charge in [-0.15, -0.1) is 11.3 Å². The topological polar surface area (TPSA) is 110 Å². The third-order valence-corrected chi connectivity index (χ3v) is 3.49. The fraction of sp³-hybridized carbons (Fsp3) is 0.0833. The molecule has 0 fully saturated rings. The van der Waals surface area contributed by atoms with Crippen molar-refractivity contribution in [3.05, 3.63) is 56.3 Å². The molecule has 0 aliphatic carbocycles. The molecule has 1 heterocycles. The number of nitro groups is 1. The minimum absolute atomic E-state index is 0.157. The first kappa shape index (κ1) is 14.0. The molecule has 0 aliphatic rings. The fourth-order valence-corrected chi connectivity index (χ4v) is 2.27. The van der Waals surface area contributed by atoms with E-state index < -0.39 is 4.92 Å². The average Bonchev–Trinajstić information content (AvgIpc) is 2.97. The lowest BCUT2D eigenvalue weighted by Crippen LogP contribution is -2.22. The Morgan fingerprint density at radius 3 is 2.80 bits per heavy atom. The Balaban J connectivity index is 2.13. The third kappa shape index (κ3) is 3.11. The summed E-state index contributed by atoms with van der Waals surface area (Å²) in [5.74, 6) is 4.81. The molecule has 0 saturated carbocycles. The number of thiophene rings is 1. The Labute approximate surface area is 118 Å². The van der Waals surface area contributed by atoms with Gasteiger partial charge in [0.2, 0.25) is 0 Å². The van der Waals surface area contributed by atoms with Crippen LogP contribution < -0.4 is 16.6 Å². The Hall–Kier alpha value is -2.45. The summed E-state index contributed by atoms with van der Waals surface area (Å²) < 4.78 is 0. The molecule has 8 heteroatoms. The van der Waals surface area contributed by atoms with E-state index in [0.29, 0.717) is 6.54 Å². The highest BCUT2D eigenvalue weighted by Gasteiger charge is 2.16. The number of anilines is 1. The van der Waals surface area contributed by atoms with Crippen LogP contribution in [0.15, 0.2) is 35.7 Å². The summed E-state index contributed by atoms with van der Waals surface area (Å²) in [4.78, 5) is 23.2. The fourth-order valence-electron chi connectivity index (χ4n) is 1.63. The van der Waals surface area contributed by atoms with Gasteiger partial charge < -0.3 is 10.7 Å². The van der Waals surface area contributed by atoms with Gasteiger partial charge in [-0.2, -0.15) is 0 Å². The monoisotopic (exact) mass is 292 g/mol. The summed E-state index contributed by atoms with van der Waals surface area (Å²) in [5.41, 5.74) is 2.36. The Kier molecular flexibility index (Phi) is 4.28. The zero-order valence-corrected chi connectivity index (χ0v) is 11.1. The van der Waals surface area contributed by atoms with Crippen molar-refractivity contribution in [2.45, 2.75) is 6.54 Å². The van der Waals surface area contributed by atoms with E-state index in [4.69, 9.17) is 5.84 Å². The molecule has 104 valence electrons. The van der Waals surface area contributed by atoms with E-state index in [1.54, 1.807) is 0 Å². The maximum atomic E-state index is 11.9. The van der Waals surface area contributed by atoms with Crippen molar-refractivity contribution < 1.29 is 9.72 Å². The number of hydrazine groups is 1. The van der Waals surface area contributed by atoms with Crippen LogP contribution in [0.3, 0.4) is 0 Å². The molecule has 0 radical (unpaired) electrons. The SMILES string of the molecule is NNc1ccc(C(=O)NCc2cccs2)cc1[N+](=O)[O-]. The van der Waals surface area contributed by atoms with Crippen LogP contribution in [-0.2, 0) is 6.54 Å². The van der Waals surface area contributed by atoms with Crippen LogP contribution in [0, 0.1) is 10.1 Å². The second kappa shape index (κ2) is 6.13. The van der Waals surface area contributed by atoms with Gasteiger partial charge in [-0.05, 0) is 23.6 Å². The summed E-state index contributed by atoms with van der Waals surface area (Å²) >= 11 is 1.52. The predicted octanol–water partition coefficient (Wildman–Crippen LogP) is 1.87. The van der Waals surface area contributed by atoms with Gasteiger partial charge in [0.25, 0.3) is 11.6 Å². The maximum Gasteiger partial charge on any atom is 0.294 e. The van der Waals surface area contributed by atoms with E-state index in [0.717, 1.165) is 4.88 Å². The molecule has 4 N–H and O–H groups in total. The highest BCUT2D eigenvalue weighted by atomic mass is 32.1. The molecule has 1 amide bonds. The molecule has 20 heavy (non-hydrogen) atoms. The molecule has 0 bridgehead atoms. The van der Waals surface area contributed by atoms with Gasteiger partial charge in [0.05, 0.1) is 11.5 Å². The number of nitro benzene ring substituents is 1. The normalized spacial score (nSPS) is 10.1. The molecule has 7 nitrogen and oxygen atoms in total. The third-order valence-electron chi connectivity index (χ3n) is 2.62. The Morgan fingerprint density at radius 1 is 1.40 bits per heavy atom. The molecule has 0 aliphatic heterocycles. The standard InChI is InChI=1S/C12H12N4O3S/c13-15-10-4-3-8(6-11(10)16(18)19)12(17)14-7-9-2-1-5-20-9/h1-6,15H,7,13H2,(H,14,17). The summed E-state index contributed by atoms with van der Waals surface area (Å²) in [5, 5.41) is 15.5. The van der Waals surface area contributed by atoms with E-state index in [-0.39, 0.29) is 22.8 Å².